The van der Waals surface area contributed by atoms with Gasteiger partial charge in [-0.15, -0.1) is 0 Å². The number of ether oxygens (including phenoxy) is 2. The number of aryl methyl sites for hydroxylation is 1. The third kappa shape index (κ3) is 5.27. The third-order valence-corrected chi connectivity index (χ3v) is 3.47. The van der Waals surface area contributed by atoms with Crippen molar-refractivity contribution in [3.05, 3.63) is 29.8 Å². The number of rotatable bonds is 5. The van der Waals surface area contributed by atoms with Crippen LogP contribution >= 0.6 is 0 Å². The van der Waals surface area contributed by atoms with E-state index in [9.17, 15) is 4.79 Å². The molecule has 2 N–H and O–H groups in total. The van der Waals surface area contributed by atoms with Crippen molar-refractivity contribution >= 4 is 6.03 Å². The minimum atomic E-state index is -0.161. The number of para-hydroxylation sites is 1. The van der Waals surface area contributed by atoms with E-state index in [2.05, 4.69) is 10.6 Å². The van der Waals surface area contributed by atoms with Crippen molar-refractivity contribution in [2.75, 3.05) is 19.8 Å². The van der Waals surface area contributed by atoms with Crippen molar-refractivity contribution in [3.63, 3.8) is 0 Å². The van der Waals surface area contributed by atoms with Gasteiger partial charge in [-0.2, -0.15) is 0 Å². The van der Waals surface area contributed by atoms with E-state index in [0.717, 1.165) is 30.8 Å². The summed E-state index contributed by atoms with van der Waals surface area (Å²) in [4.78, 5) is 11.8. The second-order valence-corrected chi connectivity index (χ2v) is 5.46. The molecule has 1 aliphatic heterocycles. The molecular weight excluding hydrogens is 268 g/mol. The maximum absolute atomic E-state index is 11.8. The Morgan fingerprint density at radius 3 is 3.00 bits per heavy atom. The number of hydrogen-bond acceptors (Lipinski definition) is 3. The van der Waals surface area contributed by atoms with E-state index in [1.807, 2.05) is 38.1 Å². The van der Waals surface area contributed by atoms with Crippen molar-refractivity contribution in [2.24, 2.45) is 0 Å². The van der Waals surface area contributed by atoms with Gasteiger partial charge in [-0.3, -0.25) is 0 Å². The first-order valence-electron chi connectivity index (χ1n) is 7.49. The first-order valence-corrected chi connectivity index (χ1v) is 7.49. The minimum Gasteiger partial charge on any atom is -0.489 e. The summed E-state index contributed by atoms with van der Waals surface area (Å²) < 4.78 is 11.2. The molecule has 5 nitrogen and oxygen atoms in total. The largest absolute Gasteiger partial charge is 0.489 e. The van der Waals surface area contributed by atoms with Gasteiger partial charge in [0, 0.05) is 6.61 Å². The summed E-state index contributed by atoms with van der Waals surface area (Å²) in [5, 5.41) is 5.76. The van der Waals surface area contributed by atoms with Gasteiger partial charge < -0.3 is 20.1 Å². The summed E-state index contributed by atoms with van der Waals surface area (Å²) in [7, 11) is 0. The fraction of sp³-hybridized carbons (Fsp3) is 0.562. The van der Waals surface area contributed by atoms with Crippen LogP contribution in [0.25, 0.3) is 0 Å². The van der Waals surface area contributed by atoms with Gasteiger partial charge in [0.2, 0.25) is 0 Å². The zero-order valence-corrected chi connectivity index (χ0v) is 12.7. The Hall–Kier alpha value is -1.75. The molecule has 21 heavy (non-hydrogen) atoms. The summed E-state index contributed by atoms with van der Waals surface area (Å²) in [5.41, 5.74) is 1.09. The normalized spacial score (nSPS) is 19.6. The minimum absolute atomic E-state index is 0.0838. The third-order valence-electron chi connectivity index (χ3n) is 3.47. The highest BCUT2D eigenvalue weighted by Gasteiger charge is 2.16. The van der Waals surface area contributed by atoms with Gasteiger partial charge in [-0.25, -0.2) is 4.79 Å². The SMILES string of the molecule is Cc1ccccc1O[C@H](C)CNC(=O)N[C@@H]1CCCOC1. The van der Waals surface area contributed by atoms with Crippen LogP contribution in [0, 0.1) is 6.92 Å². The van der Waals surface area contributed by atoms with E-state index in [0.29, 0.717) is 13.2 Å². The average molecular weight is 292 g/mol. The zero-order valence-electron chi connectivity index (χ0n) is 12.7. The van der Waals surface area contributed by atoms with Crippen LogP contribution in [0.3, 0.4) is 0 Å². The van der Waals surface area contributed by atoms with Gasteiger partial charge in [0.05, 0.1) is 19.2 Å². The first-order chi connectivity index (χ1) is 10.1. The van der Waals surface area contributed by atoms with Crippen LogP contribution in [-0.4, -0.2) is 37.9 Å². The second-order valence-electron chi connectivity index (χ2n) is 5.46. The topological polar surface area (TPSA) is 59.6 Å². The quantitative estimate of drug-likeness (QED) is 0.875. The highest BCUT2D eigenvalue weighted by Crippen LogP contribution is 2.17. The Labute approximate surface area is 126 Å². The average Bonchev–Trinajstić information content (AvgIpc) is 2.49. The first kappa shape index (κ1) is 15.6. The van der Waals surface area contributed by atoms with Crippen molar-refractivity contribution in [2.45, 2.75) is 38.8 Å². The van der Waals surface area contributed by atoms with Crippen molar-refractivity contribution in [3.8, 4) is 5.75 Å². The lowest BCUT2D eigenvalue weighted by Crippen LogP contribution is -2.47. The van der Waals surface area contributed by atoms with Crippen LogP contribution in [0.5, 0.6) is 5.75 Å². The Morgan fingerprint density at radius 1 is 1.48 bits per heavy atom. The molecule has 1 aromatic rings. The molecule has 2 atom stereocenters. The monoisotopic (exact) mass is 292 g/mol. The fourth-order valence-electron chi connectivity index (χ4n) is 2.27. The molecule has 0 aliphatic carbocycles. The predicted molar refractivity (Wildman–Crippen MR) is 81.6 cm³/mol. The lowest BCUT2D eigenvalue weighted by Gasteiger charge is -2.24. The Balaban J connectivity index is 1.69. The van der Waals surface area contributed by atoms with Crippen LogP contribution in [0.1, 0.15) is 25.3 Å². The molecule has 1 aromatic carbocycles. The molecule has 0 radical (unpaired) electrons. The lowest BCUT2D eigenvalue weighted by atomic mass is 10.1. The van der Waals surface area contributed by atoms with Crippen LogP contribution in [0.15, 0.2) is 24.3 Å². The molecule has 5 heteroatoms. The maximum Gasteiger partial charge on any atom is 0.315 e. The number of carbonyl (C=O) groups is 1. The summed E-state index contributed by atoms with van der Waals surface area (Å²) in [6.07, 6.45) is 1.89. The van der Waals surface area contributed by atoms with E-state index in [1.165, 1.54) is 0 Å². The number of carbonyl (C=O) groups excluding carboxylic acids is 1. The van der Waals surface area contributed by atoms with Crippen LogP contribution < -0.4 is 15.4 Å². The van der Waals surface area contributed by atoms with E-state index in [1.54, 1.807) is 0 Å². The molecular formula is C16H24N2O3. The highest BCUT2D eigenvalue weighted by molar-refractivity contribution is 5.74. The number of nitrogens with one attached hydrogen (secondary N) is 2. The molecule has 0 saturated carbocycles. The zero-order chi connectivity index (χ0) is 15.1. The molecule has 1 saturated heterocycles. The van der Waals surface area contributed by atoms with Gasteiger partial charge in [-0.05, 0) is 38.3 Å². The van der Waals surface area contributed by atoms with E-state index >= 15 is 0 Å². The fourth-order valence-corrected chi connectivity index (χ4v) is 2.27. The molecule has 1 fully saturated rings. The van der Waals surface area contributed by atoms with Gasteiger partial charge in [0.25, 0.3) is 0 Å². The van der Waals surface area contributed by atoms with E-state index < -0.39 is 0 Å². The molecule has 2 rings (SSSR count). The van der Waals surface area contributed by atoms with Crippen LogP contribution in [-0.2, 0) is 4.74 Å². The predicted octanol–water partition coefficient (Wildman–Crippen LogP) is 2.24. The molecule has 0 aromatic heterocycles. The molecule has 1 heterocycles. The molecule has 0 spiro atoms. The summed E-state index contributed by atoms with van der Waals surface area (Å²) >= 11 is 0. The van der Waals surface area contributed by atoms with Crippen molar-refractivity contribution in [1.82, 2.24) is 10.6 Å². The Bertz CT molecular complexity index is 459. The second kappa shape index (κ2) is 7.88. The summed E-state index contributed by atoms with van der Waals surface area (Å²) in [6.45, 7) is 5.80. The Morgan fingerprint density at radius 2 is 2.29 bits per heavy atom. The summed E-state index contributed by atoms with van der Waals surface area (Å²) in [6, 6.07) is 7.82. The van der Waals surface area contributed by atoms with Gasteiger partial charge in [0.1, 0.15) is 11.9 Å². The smallest absolute Gasteiger partial charge is 0.315 e. The number of hydrogen-bond donors (Lipinski definition) is 2. The van der Waals surface area contributed by atoms with E-state index in [4.69, 9.17) is 9.47 Å². The summed E-state index contributed by atoms with van der Waals surface area (Å²) in [5.74, 6) is 0.855. The lowest BCUT2D eigenvalue weighted by molar-refractivity contribution is 0.0730. The molecule has 1 aliphatic rings. The van der Waals surface area contributed by atoms with Crippen LogP contribution in [0.2, 0.25) is 0 Å². The molecule has 0 unspecified atom stereocenters. The van der Waals surface area contributed by atoms with Gasteiger partial charge in [0.15, 0.2) is 0 Å². The molecule has 116 valence electrons. The van der Waals surface area contributed by atoms with Crippen LogP contribution in [0.4, 0.5) is 4.79 Å². The number of benzene rings is 1. The number of amides is 2. The van der Waals surface area contributed by atoms with Crippen molar-refractivity contribution < 1.29 is 14.3 Å². The van der Waals surface area contributed by atoms with E-state index in [-0.39, 0.29) is 18.2 Å². The Kier molecular flexibility index (Phi) is 5.87. The number of urea groups is 1. The molecule has 2 amide bonds. The maximum atomic E-state index is 11.8. The highest BCUT2D eigenvalue weighted by atomic mass is 16.5. The van der Waals surface area contributed by atoms with Gasteiger partial charge >= 0.3 is 6.03 Å². The molecule has 0 bridgehead atoms. The standard InChI is InChI=1S/C16H24N2O3/c1-12-6-3-4-8-15(12)21-13(2)10-17-16(19)18-14-7-5-9-20-11-14/h3-4,6,8,13-14H,5,7,9-11H2,1-2H3,(H2,17,18,19)/t13-,14-/m1/s1. The van der Waals surface area contributed by atoms with Crippen molar-refractivity contribution in [1.29, 1.82) is 0 Å². The van der Waals surface area contributed by atoms with Gasteiger partial charge in [-0.1, -0.05) is 18.2 Å².